The van der Waals surface area contributed by atoms with Gasteiger partial charge in [0.2, 0.25) is 5.88 Å². The monoisotopic (exact) mass is 181 g/mol. The van der Waals surface area contributed by atoms with E-state index in [1.54, 1.807) is 0 Å². The highest BCUT2D eigenvalue weighted by Gasteiger charge is 2.08. The summed E-state index contributed by atoms with van der Waals surface area (Å²) in [4.78, 5) is 7.96. The molecular weight excluding hydrogens is 166 g/mol. The average Bonchev–Trinajstić information content (AvgIpc) is 2.11. The fourth-order valence-electron chi connectivity index (χ4n) is 1.16. The summed E-state index contributed by atoms with van der Waals surface area (Å²) in [7, 11) is 0. The third-order valence-electron chi connectivity index (χ3n) is 1.72. The molecule has 0 bridgehead atoms. The number of nitrogen functional groups attached to an aromatic ring is 1. The SMILES string of the molecule is CCCc1c(N)ncnc1OCC. The van der Waals surface area contributed by atoms with Gasteiger partial charge in [0.25, 0.3) is 0 Å². The van der Waals surface area contributed by atoms with Crippen molar-refractivity contribution in [3.8, 4) is 5.88 Å². The van der Waals surface area contributed by atoms with Gasteiger partial charge in [-0.15, -0.1) is 0 Å². The minimum absolute atomic E-state index is 0.528. The number of nitrogens with zero attached hydrogens (tertiary/aromatic N) is 2. The number of anilines is 1. The van der Waals surface area contributed by atoms with Gasteiger partial charge in [0.15, 0.2) is 0 Å². The van der Waals surface area contributed by atoms with Gasteiger partial charge in [-0.1, -0.05) is 13.3 Å². The van der Waals surface area contributed by atoms with Crippen LogP contribution in [0.15, 0.2) is 6.33 Å². The molecule has 0 aliphatic carbocycles. The summed E-state index contributed by atoms with van der Waals surface area (Å²) < 4.78 is 5.34. The van der Waals surface area contributed by atoms with Crippen LogP contribution in [0, 0.1) is 0 Å². The molecule has 13 heavy (non-hydrogen) atoms. The molecule has 4 heteroatoms. The predicted molar refractivity (Wildman–Crippen MR) is 51.6 cm³/mol. The molecule has 0 aliphatic heterocycles. The summed E-state index contributed by atoms with van der Waals surface area (Å²) in [5.41, 5.74) is 6.63. The highest BCUT2D eigenvalue weighted by Crippen LogP contribution is 2.20. The van der Waals surface area contributed by atoms with Gasteiger partial charge < -0.3 is 10.5 Å². The van der Waals surface area contributed by atoms with Crippen molar-refractivity contribution in [1.29, 1.82) is 0 Å². The van der Waals surface area contributed by atoms with Gasteiger partial charge in [0.1, 0.15) is 12.1 Å². The molecular formula is C9H15N3O. The first-order valence-corrected chi connectivity index (χ1v) is 4.51. The summed E-state index contributed by atoms with van der Waals surface area (Å²) in [5.74, 6) is 1.15. The zero-order chi connectivity index (χ0) is 9.68. The molecule has 0 amide bonds. The van der Waals surface area contributed by atoms with Crippen LogP contribution >= 0.6 is 0 Å². The Morgan fingerprint density at radius 3 is 2.77 bits per heavy atom. The Labute approximate surface area is 78.1 Å². The molecule has 0 saturated carbocycles. The fourth-order valence-corrected chi connectivity index (χ4v) is 1.16. The Kier molecular flexibility index (Phi) is 3.49. The van der Waals surface area contributed by atoms with Crippen LogP contribution in [-0.2, 0) is 6.42 Å². The van der Waals surface area contributed by atoms with E-state index < -0.39 is 0 Å². The Hall–Kier alpha value is -1.32. The van der Waals surface area contributed by atoms with Crippen molar-refractivity contribution < 1.29 is 4.74 Å². The van der Waals surface area contributed by atoms with Crippen LogP contribution in [0.5, 0.6) is 5.88 Å². The summed E-state index contributed by atoms with van der Waals surface area (Å²) in [5, 5.41) is 0. The molecule has 1 heterocycles. The average molecular weight is 181 g/mol. The Bertz CT molecular complexity index is 276. The molecule has 0 saturated heterocycles. The summed E-state index contributed by atoms with van der Waals surface area (Å²) in [6.45, 7) is 4.61. The first-order valence-electron chi connectivity index (χ1n) is 4.51. The van der Waals surface area contributed by atoms with Gasteiger partial charge in [-0.3, -0.25) is 0 Å². The van der Waals surface area contributed by atoms with Gasteiger partial charge in [-0.05, 0) is 13.3 Å². The zero-order valence-corrected chi connectivity index (χ0v) is 8.08. The summed E-state index contributed by atoms with van der Waals surface area (Å²) in [6, 6.07) is 0. The Morgan fingerprint density at radius 2 is 2.15 bits per heavy atom. The topological polar surface area (TPSA) is 61.0 Å². The molecule has 1 aromatic rings. The van der Waals surface area contributed by atoms with Crippen molar-refractivity contribution in [1.82, 2.24) is 9.97 Å². The number of hydrogen-bond acceptors (Lipinski definition) is 4. The van der Waals surface area contributed by atoms with Gasteiger partial charge in [-0.2, -0.15) is 0 Å². The fraction of sp³-hybridized carbons (Fsp3) is 0.556. The normalized spacial score (nSPS) is 10.0. The molecule has 72 valence electrons. The Balaban J connectivity index is 2.95. The van der Waals surface area contributed by atoms with E-state index in [1.165, 1.54) is 6.33 Å². The third-order valence-corrected chi connectivity index (χ3v) is 1.72. The Morgan fingerprint density at radius 1 is 1.38 bits per heavy atom. The van der Waals surface area contributed by atoms with Crippen LogP contribution in [0.1, 0.15) is 25.8 Å². The van der Waals surface area contributed by atoms with Crippen LogP contribution < -0.4 is 10.5 Å². The second-order valence-electron chi connectivity index (χ2n) is 2.73. The van der Waals surface area contributed by atoms with Crippen LogP contribution in [0.4, 0.5) is 5.82 Å². The first kappa shape index (κ1) is 9.77. The second kappa shape index (κ2) is 4.64. The second-order valence-corrected chi connectivity index (χ2v) is 2.73. The third kappa shape index (κ3) is 2.31. The maximum Gasteiger partial charge on any atom is 0.221 e. The molecule has 0 spiro atoms. The highest BCUT2D eigenvalue weighted by molar-refractivity contribution is 5.44. The smallest absolute Gasteiger partial charge is 0.221 e. The number of ether oxygens (including phenoxy) is 1. The van der Waals surface area contributed by atoms with E-state index in [4.69, 9.17) is 10.5 Å². The van der Waals surface area contributed by atoms with Crippen molar-refractivity contribution in [2.24, 2.45) is 0 Å². The molecule has 0 aromatic carbocycles. The number of hydrogen-bond donors (Lipinski definition) is 1. The van der Waals surface area contributed by atoms with Crippen molar-refractivity contribution in [3.05, 3.63) is 11.9 Å². The maximum atomic E-state index is 5.71. The molecule has 0 aliphatic rings. The van der Waals surface area contributed by atoms with Crippen LogP contribution in [-0.4, -0.2) is 16.6 Å². The molecule has 2 N–H and O–H groups in total. The molecule has 0 unspecified atom stereocenters. The van der Waals surface area contributed by atoms with Gasteiger partial charge >= 0.3 is 0 Å². The van der Waals surface area contributed by atoms with E-state index in [0.29, 0.717) is 18.3 Å². The van der Waals surface area contributed by atoms with Crippen LogP contribution in [0.3, 0.4) is 0 Å². The van der Waals surface area contributed by atoms with E-state index >= 15 is 0 Å². The van der Waals surface area contributed by atoms with E-state index in [2.05, 4.69) is 16.9 Å². The van der Waals surface area contributed by atoms with Crippen molar-refractivity contribution in [2.75, 3.05) is 12.3 Å². The maximum absolute atomic E-state index is 5.71. The quantitative estimate of drug-likeness (QED) is 0.762. The van der Waals surface area contributed by atoms with Crippen molar-refractivity contribution in [3.63, 3.8) is 0 Å². The molecule has 0 atom stereocenters. The van der Waals surface area contributed by atoms with E-state index in [9.17, 15) is 0 Å². The number of rotatable bonds is 4. The lowest BCUT2D eigenvalue weighted by atomic mass is 10.2. The predicted octanol–water partition coefficient (Wildman–Crippen LogP) is 1.41. The number of nitrogens with two attached hydrogens (primary N) is 1. The lowest BCUT2D eigenvalue weighted by Gasteiger charge is -2.08. The molecule has 0 fully saturated rings. The van der Waals surface area contributed by atoms with Crippen LogP contribution in [0.25, 0.3) is 0 Å². The lowest BCUT2D eigenvalue weighted by molar-refractivity contribution is 0.322. The van der Waals surface area contributed by atoms with Gasteiger partial charge in [0, 0.05) is 0 Å². The number of aromatic nitrogens is 2. The minimum Gasteiger partial charge on any atom is -0.478 e. The molecule has 1 aromatic heterocycles. The van der Waals surface area contributed by atoms with Crippen molar-refractivity contribution >= 4 is 5.82 Å². The first-order chi connectivity index (χ1) is 6.29. The molecule has 0 radical (unpaired) electrons. The molecule has 1 rings (SSSR count). The van der Waals surface area contributed by atoms with E-state index in [-0.39, 0.29) is 0 Å². The summed E-state index contributed by atoms with van der Waals surface area (Å²) >= 11 is 0. The summed E-state index contributed by atoms with van der Waals surface area (Å²) in [6.07, 6.45) is 3.30. The van der Waals surface area contributed by atoms with Gasteiger partial charge in [-0.25, -0.2) is 9.97 Å². The lowest BCUT2D eigenvalue weighted by Crippen LogP contribution is -2.04. The van der Waals surface area contributed by atoms with Gasteiger partial charge in [0.05, 0.1) is 12.2 Å². The molecule has 4 nitrogen and oxygen atoms in total. The van der Waals surface area contributed by atoms with E-state index in [1.807, 2.05) is 6.92 Å². The van der Waals surface area contributed by atoms with Crippen molar-refractivity contribution in [2.45, 2.75) is 26.7 Å². The standard InChI is InChI=1S/C9H15N3O/c1-3-5-7-8(10)11-6-12-9(7)13-4-2/h6H,3-5H2,1-2H3,(H2,10,11,12). The minimum atomic E-state index is 0.528. The van der Waals surface area contributed by atoms with Crippen LogP contribution in [0.2, 0.25) is 0 Å². The van der Waals surface area contributed by atoms with E-state index in [0.717, 1.165) is 18.4 Å². The highest BCUT2D eigenvalue weighted by atomic mass is 16.5. The zero-order valence-electron chi connectivity index (χ0n) is 8.08. The largest absolute Gasteiger partial charge is 0.478 e.